The summed E-state index contributed by atoms with van der Waals surface area (Å²) >= 11 is 0. The lowest BCUT2D eigenvalue weighted by atomic mass is 9.83. The standard InChI is InChI=1S/C12H15NO2/c1-12(4-5-12)10(7-11(14)15)9-3-2-6-13-8-9/h2-3,6,8,10H,4-5,7H2,1H3,(H,14,15). The first-order valence-electron chi connectivity index (χ1n) is 5.23. The lowest BCUT2D eigenvalue weighted by Crippen LogP contribution is -2.15. The van der Waals surface area contributed by atoms with Gasteiger partial charge < -0.3 is 5.11 Å². The quantitative estimate of drug-likeness (QED) is 0.821. The zero-order valence-corrected chi connectivity index (χ0v) is 8.81. The van der Waals surface area contributed by atoms with Crippen molar-refractivity contribution in [2.75, 3.05) is 0 Å². The van der Waals surface area contributed by atoms with E-state index in [4.69, 9.17) is 5.11 Å². The topological polar surface area (TPSA) is 50.2 Å². The molecular formula is C12H15NO2. The summed E-state index contributed by atoms with van der Waals surface area (Å²) in [5.41, 5.74) is 1.24. The van der Waals surface area contributed by atoms with Gasteiger partial charge in [-0.05, 0) is 29.9 Å². The molecule has 1 atom stereocenters. The molecule has 0 saturated heterocycles. The Morgan fingerprint density at radius 2 is 2.40 bits per heavy atom. The molecule has 2 rings (SSSR count). The second kappa shape index (κ2) is 3.65. The lowest BCUT2D eigenvalue weighted by Gasteiger charge is -2.21. The van der Waals surface area contributed by atoms with Crippen LogP contribution >= 0.6 is 0 Å². The van der Waals surface area contributed by atoms with Gasteiger partial charge >= 0.3 is 5.97 Å². The van der Waals surface area contributed by atoms with Crippen molar-refractivity contribution in [3.63, 3.8) is 0 Å². The number of carboxylic acid groups (broad SMARTS) is 1. The van der Waals surface area contributed by atoms with Crippen molar-refractivity contribution in [2.45, 2.75) is 32.1 Å². The third-order valence-electron chi connectivity index (χ3n) is 3.35. The summed E-state index contributed by atoms with van der Waals surface area (Å²) in [5, 5.41) is 8.92. The SMILES string of the molecule is CC1(C(CC(=O)O)c2cccnc2)CC1. The zero-order valence-electron chi connectivity index (χ0n) is 8.81. The Bertz CT molecular complexity index is 357. The van der Waals surface area contributed by atoms with Crippen LogP contribution in [0.15, 0.2) is 24.5 Å². The number of carboxylic acids is 1. The maximum Gasteiger partial charge on any atom is 0.303 e. The summed E-state index contributed by atoms with van der Waals surface area (Å²) in [5.74, 6) is -0.610. The molecule has 1 heterocycles. The summed E-state index contributed by atoms with van der Waals surface area (Å²) in [6.45, 7) is 2.16. The molecule has 3 nitrogen and oxygen atoms in total. The van der Waals surface area contributed by atoms with Gasteiger partial charge in [0.1, 0.15) is 0 Å². The average molecular weight is 205 g/mol. The van der Waals surface area contributed by atoms with Crippen LogP contribution in [0.25, 0.3) is 0 Å². The van der Waals surface area contributed by atoms with Gasteiger partial charge in [0.25, 0.3) is 0 Å². The molecule has 1 aliphatic carbocycles. The summed E-state index contributed by atoms with van der Waals surface area (Å²) in [6, 6.07) is 3.85. The first-order valence-corrected chi connectivity index (χ1v) is 5.23. The highest BCUT2D eigenvalue weighted by Crippen LogP contribution is 2.56. The highest BCUT2D eigenvalue weighted by Gasteiger charge is 2.46. The van der Waals surface area contributed by atoms with E-state index in [-0.39, 0.29) is 17.8 Å². The molecule has 0 bridgehead atoms. The molecule has 3 heteroatoms. The van der Waals surface area contributed by atoms with E-state index in [9.17, 15) is 4.79 Å². The van der Waals surface area contributed by atoms with Gasteiger partial charge in [0.2, 0.25) is 0 Å². The fourth-order valence-corrected chi connectivity index (χ4v) is 2.07. The molecule has 0 aromatic carbocycles. The van der Waals surface area contributed by atoms with E-state index in [0.717, 1.165) is 18.4 Å². The van der Waals surface area contributed by atoms with Crippen molar-refractivity contribution in [2.24, 2.45) is 5.41 Å². The minimum absolute atomic E-state index is 0.115. The van der Waals surface area contributed by atoms with Crippen LogP contribution in [-0.4, -0.2) is 16.1 Å². The third-order valence-corrected chi connectivity index (χ3v) is 3.35. The van der Waals surface area contributed by atoms with Crippen LogP contribution in [-0.2, 0) is 4.79 Å². The maximum atomic E-state index is 10.8. The predicted octanol–water partition coefficient (Wildman–Crippen LogP) is 2.44. The second-order valence-electron chi connectivity index (χ2n) is 4.59. The van der Waals surface area contributed by atoms with E-state index >= 15 is 0 Å². The molecule has 1 aromatic rings. The van der Waals surface area contributed by atoms with Crippen LogP contribution in [0.5, 0.6) is 0 Å². The Kier molecular flexibility index (Phi) is 2.47. The molecule has 15 heavy (non-hydrogen) atoms. The van der Waals surface area contributed by atoms with Gasteiger partial charge in [-0.15, -0.1) is 0 Å². The van der Waals surface area contributed by atoms with Gasteiger partial charge in [0.15, 0.2) is 0 Å². The fourth-order valence-electron chi connectivity index (χ4n) is 2.07. The molecule has 0 spiro atoms. The normalized spacial score (nSPS) is 19.5. The Hall–Kier alpha value is -1.38. The number of aromatic nitrogens is 1. The smallest absolute Gasteiger partial charge is 0.303 e. The fraction of sp³-hybridized carbons (Fsp3) is 0.500. The number of rotatable bonds is 4. The third kappa shape index (κ3) is 2.17. The van der Waals surface area contributed by atoms with Crippen LogP contribution in [0.3, 0.4) is 0 Å². The van der Waals surface area contributed by atoms with Gasteiger partial charge in [0.05, 0.1) is 6.42 Å². The van der Waals surface area contributed by atoms with E-state index in [1.165, 1.54) is 0 Å². The number of nitrogens with zero attached hydrogens (tertiary/aromatic N) is 1. The highest BCUT2D eigenvalue weighted by molar-refractivity contribution is 5.68. The Balaban J connectivity index is 2.23. The average Bonchev–Trinajstić information content (AvgIpc) is 2.95. The number of carbonyl (C=O) groups is 1. The number of aliphatic carboxylic acids is 1. The molecule has 0 radical (unpaired) electrons. The van der Waals surface area contributed by atoms with E-state index in [1.54, 1.807) is 12.4 Å². The molecule has 1 unspecified atom stereocenters. The van der Waals surface area contributed by atoms with Crippen molar-refractivity contribution < 1.29 is 9.90 Å². The summed E-state index contributed by atoms with van der Waals surface area (Å²) in [6.07, 6.45) is 5.97. The molecule has 1 fully saturated rings. The van der Waals surface area contributed by atoms with Crippen LogP contribution in [0, 0.1) is 5.41 Å². The molecule has 0 amide bonds. The molecule has 80 valence electrons. The molecule has 1 aliphatic rings. The predicted molar refractivity (Wildman–Crippen MR) is 56.6 cm³/mol. The van der Waals surface area contributed by atoms with Crippen molar-refractivity contribution in [1.29, 1.82) is 0 Å². The van der Waals surface area contributed by atoms with Crippen molar-refractivity contribution in [3.05, 3.63) is 30.1 Å². The van der Waals surface area contributed by atoms with Crippen LogP contribution in [0.1, 0.15) is 37.7 Å². The molecule has 1 saturated carbocycles. The van der Waals surface area contributed by atoms with Crippen LogP contribution in [0.4, 0.5) is 0 Å². The van der Waals surface area contributed by atoms with Crippen molar-refractivity contribution in [3.8, 4) is 0 Å². The second-order valence-corrected chi connectivity index (χ2v) is 4.59. The van der Waals surface area contributed by atoms with Gasteiger partial charge in [0, 0.05) is 18.3 Å². The lowest BCUT2D eigenvalue weighted by molar-refractivity contribution is -0.137. The summed E-state index contributed by atoms with van der Waals surface area (Å²) in [7, 11) is 0. The van der Waals surface area contributed by atoms with Gasteiger partial charge in [-0.25, -0.2) is 0 Å². The molecule has 1 N–H and O–H groups in total. The van der Waals surface area contributed by atoms with E-state index < -0.39 is 5.97 Å². The number of hydrogen-bond acceptors (Lipinski definition) is 2. The summed E-state index contributed by atoms with van der Waals surface area (Å²) in [4.78, 5) is 14.9. The van der Waals surface area contributed by atoms with Gasteiger partial charge in [-0.3, -0.25) is 9.78 Å². The summed E-state index contributed by atoms with van der Waals surface area (Å²) < 4.78 is 0. The number of hydrogen-bond donors (Lipinski definition) is 1. The first-order chi connectivity index (χ1) is 7.12. The Morgan fingerprint density at radius 3 is 2.87 bits per heavy atom. The largest absolute Gasteiger partial charge is 0.481 e. The van der Waals surface area contributed by atoms with E-state index in [1.807, 2.05) is 12.1 Å². The Labute approximate surface area is 89.2 Å². The van der Waals surface area contributed by atoms with Crippen LogP contribution in [0.2, 0.25) is 0 Å². The minimum Gasteiger partial charge on any atom is -0.481 e. The Morgan fingerprint density at radius 1 is 1.67 bits per heavy atom. The minimum atomic E-state index is -0.725. The van der Waals surface area contributed by atoms with Gasteiger partial charge in [-0.1, -0.05) is 13.0 Å². The molecular weight excluding hydrogens is 190 g/mol. The maximum absolute atomic E-state index is 10.8. The highest BCUT2D eigenvalue weighted by atomic mass is 16.4. The zero-order chi connectivity index (χ0) is 10.9. The number of pyridine rings is 1. The monoisotopic (exact) mass is 205 g/mol. The van der Waals surface area contributed by atoms with E-state index in [2.05, 4.69) is 11.9 Å². The van der Waals surface area contributed by atoms with Crippen molar-refractivity contribution in [1.82, 2.24) is 4.98 Å². The molecule has 1 aromatic heterocycles. The first kappa shape index (κ1) is 10.1. The van der Waals surface area contributed by atoms with Gasteiger partial charge in [-0.2, -0.15) is 0 Å². The van der Waals surface area contributed by atoms with E-state index in [0.29, 0.717) is 0 Å². The van der Waals surface area contributed by atoms with Crippen LogP contribution < -0.4 is 0 Å². The molecule has 0 aliphatic heterocycles. The van der Waals surface area contributed by atoms with Crippen molar-refractivity contribution >= 4 is 5.97 Å².